The Hall–Kier alpha value is 0.870. The molecule has 0 heterocycles. The molecule has 0 saturated carbocycles. The minimum Gasteiger partial charge on any atom is -0.0837 e. The Bertz CT molecular complexity index is 62.6. The third kappa shape index (κ3) is 6.87. The Labute approximate surface area is 65.1 Å². The van der Waals surface area contributed by atoms with E-state index in [4.69, 9.17) is 34.8 Å². The molecule has 0 saturated heterocycles. The highest BCUT2D eigenvalue weighted by Gasteiger charge is 2.20. The van der Waals surface area contributed by atoms with Crippen LogP contribution in [-0.4, -0.2) is 3.79 Å². The summed E-state index contributed by atoms with van der Waals surface area (Å²) in [6.45, 7) is 4.03. The van der Waals surface area contributed by atoms with Crippen molar-refractivity contribution in [1.29, 1.82) is 0 Å². The van der Waals surface area contributed by atoms with Gasteiger partial charge in [-0.1, -0.05) is 48.7 Å². The van der Waals surface area contributed by atoms with Crippen LogP contribution in [0.5, 0.6) is 0 Å². The van der Waals surface area contributed by atoms with Gasteiger partial charge in [-0.3, -0.25) is 0 Å². The first-order valence-electron chi connectivity index (χ1n) is 2.48. The van der Waals surface area contributed by atoms with E-state index in [-0.39, 0.29) is 0 Å². The smallest absolute Gasteiger partial charge is 0.0837 e. The molecule has 8 heavy (non-hydrogen) atoms. The molecule has 0 fully saturated rings. The summed E-state index contributed by atoms with van der Waals surface area (Å²) in [7, 11) is 0. The number of hydrogen-bond acceptors (Lipinski definition) is 0. The molecule has 0 unspecified atom stereocenters. The van der Waals surface area contributed by atoms with Crippen LogP contribution in [0.1, 0.15) is 20.3 Å². The monoisotopic (exact) mass is 174 g/mol. The number of halogens is 3. The maximum atomic E-state index is 5.46. The van der Waals surface area contributed by atoms with E-state index < -0.39 is 3.79 Å². The standard InChI is InChI=1S/C5H9Cl3/c1-4(2)3-5(6,7)8/h4H,3H2,1-2H3. The molecule has 0 N–H and O–H groups in total. The minimum atomic E-state index is -1.06. The molecule has 0 aromatic carbocycles. The first-order valence-corrected chi connectivity index (χ1v) is 3.62. The van der Waals surface area contributed by atoms with Crippen molar-refractivity contribution in [3.05, 3.63) is 0 Å². The van der Waals surface area contributed by atoms with E-state index in [1.807, 2.05) is 13.8 Å². The molecule has 0 aliphatic rings. The summed E-state index contributed by atoms with van der Waals surface area (Å²) in [5, 5.41) is 0. The zero-order valence-electron chi connectivity index (χ0n) is 4.92. The van der Waals surface area contributed by atoms with Gasteiger partial charge < -0.3 is 0 Å². The first kappa shape index (κ1) is 8.87. The Morgan fingerprint density at radius 3 is 1.62 bits per heavy atom. The van der Waals surface area contributed by atoms with Crippen LogP contribution in [-0.2, 0) is 0 Å². The van der Waals surface area contributed by atoms with Gasteiger partial charge in [-0.2, -0.15) is 0 Å². The number of alkyl halides is 3. The summed E-state index contributed by atoms with van der Waals surface area (Å²) in [6, 6.07) is 0. The maximum absolute atomic E-state index is 5.46. The topological polar surface area (TPSA) is 0 Å². The van der Waals surface area contributed by atoms with Crippen LogP contribution >= 0.6 is 34.8 Å². The fourth-order valence-electron chi connectivity index (χ4n) is 0.463. The highest BCUT2D eigenvalue weighted by atomic mass is 35.6. The van der Waals surface area contributed by atoms with Crippen LogP contribution in [0.4, 0.5) is 0 Å². The van der Waals surface area contributed by atoms with Crippen LogP contribution < -0.4 is 0 Å². The van der Waals surface area contributed by atoms with Gasteiger partial charge in [0, 0.05) is 0 Å². The van der Waals surface area contributed by atoms with E-state index in [2.05, 4.69) is 0 Å². The molecule has 0 atom stereocenters. The van der Waals surface area contributed by atoms with Crippen LogP contribution in [0, 0.1) is 5.92 Å². The van der Waals surface area contributed by atoms with Crippen LogP contribution in [0.15, 0.2) is 0 Å². The first-order chi connectivity index (χ1) is 3.42. The minimum absolute atomic E-state index is 0.447. The van der Waals surface area contributed by atoms with Gasteiger partial charge in [0.05, 0.1) is 0 Å². The molecule has 0 bridgehead atoms. The highest BCUT2D eigenvalue weighted by molar-refractivity contribution is 6.67. The summed E-state index contributed by atoms with van der Waals surface area (Å²) in [4.78, 5) is 0. The Morgan fingerprint density at radius 2 is 1.62 bits per heavy atom. The zero-order valence-corrected chi connectivity index (χ0v) is 7.19. The van der Waals surface area contributed by atoms with Gasteiger partial charge in [0.1, 0.15) is 0 Å². The Morgan fingerprint density at radius 1 is 1.25 bits per heavy atom. The molecule has 0 aromatic rings. The molecule has 0 aliphatic carbocycles. The lowest BCUT2D eigenvalue weighted by Crippen LogP contribution is -2.05. The van der Waals surface area contributed by atoms with Crippen molar-refractivity contribution in [3.63, 3.8) is 0 Å². The van der Waals surface area contributed by atoms with Crippen molar-refractivity contribution in [2.75, 3.05) is 0 Å². The van der Waals surface area contributed by atoms with E-state index in [1.165, 1.54) is 0 Å². The Kier molecular flexibility index (Phi) is 3.49. The second-order valence-corrected chi connectivity index (χ2v) is 4.73. The van der Waals surface area contributed by atoms with Crippen LogP contribution in [0.2, 0.25) is 0 Å². The average molecular weight is 175 g/mol. The maximum Gasteiger partial charge on any atom is 0.190 e. The molecule has 0 rings (SSSR count). The highest BCUT2D eigenvalue weighted by Crippen LogP contribution is 2.32. The van der Waals surface area contributed by atoms with Crippen molar-refractivity contribution in [1.82, 2.24) is 0 Å². The molecule has 50 valence electrons. The van der Waals surface area contributed by atoms with Crippen molar-refractivity contribution >= 4 is 34.8 Å². The van der Waals surface area contributed by atoms with Gasteiger partial charge in [0.2, 0.25) is 0 Å². The molecular weight excluding hydrogens is 166 g/mol. The molecule has 0 radical (unpaired) electrons. The molecule has 3 heteroatoms. The largest absolute Gasteiger partial charge is 0.190 e. The molecule has 0 spiro atoms. The molecule has 0 aromatic heterocycles. The van der Waals surface area contributed by atoms with Crippen molar-refractivity contribution in [2.24, 2.45) is 5.92 Å². The third-order valence-electron chi connectivity index (χ3n) is 0.640. The number of rotatable bonds is 1. The van der Waals surface area contributed by atoms with Crippen molar-refractivity contribution in [2.45, 2.75) is 24.1 Å². The van der Waals surface area contributed by atoms with Crippen LogP contribution in [0.25, 0.3) is 0 Å². The van der Waals surface area contributed by atoms with Gasteiger partial charge in [-0.05, 0) is 12.3 Å². The van der Waals surface area contributed by atoms with Gasteiger partial charge in [-0.25, -0.2) is 0 Å². The lowest BCUT2D eigenvalue weighted by atomic mass is 10.2. The third-order valence-corrected chi connectivity index (χ3v) is 1.10. The normalized spacial score (nSPS) is 12.8. The second kappa shape index (κ2) is 3.14. The molecule has 0 aliphatic heterocycles. The predicted molar refractivity (Wildman–Crippen MR) is 39.7 cm³/mol. The van der Waals surface area contributed by atoms with E-state index in [0.717, 1.165) is 0 Å². The zero-order chi connectivity index (χ0) is 6.78. The van der Waals surface area contributed by atoms with Crippen molar-refractivity contribution < 1.29 is 0 Å². The summed E-state index contributed by atoms with van der Waals surface area (Å²) in [5.74, 6) is 0.447. The Balaban J connectivity index is 3.39. The van der Waals surface area contributed by atoms with E-state index in [1.54, 1.807) is 0 Å². The lowest BCUT2D eigenvalue weighted by Gasteiger charge is -2.11. The van der Waals surface area contributed by atoms with Gasteiger partial charge in [0.15, 0.2) is 3.79 Å². The van der Waals surface area contributed by atoms with E-state index in [0.29, 0.717) is 12.3 Å². The van der Waals surface area contributed by atoms with E-state index in [9.17, 15) is 0 Å². The summed E-state index contributed by atoms with van der Waals surface area (Å²) < 4.78 is -1.06. The SMILES string of the molecule is CC(C)CC(Cl)(Cl)Cl. The van der Waals surface area contributed by atoms with Gasteiger partial charge in [0.25, 0.3) is 0 Å². The van der Waals surface area contributed by atoms with E-state index >= 15 is 0 Å². The van der Waals surface area contributed by atoms with Gasteiger partial charge in [-0.15, -0.1) is 0 Å². The summed E-state index contributed by atoms with van der Waals surface area (Å²) in [5.41, 5.74) is 0. The second-order valence-electron chi connectivity index (χ2n) is 2.21. The fraction of sp³-hybridized carbons (Fsp3) is 1.00. The molecule has 0 amide bonds. The predicted octanol–water partition coefficient (Wildman–Crippen LogP) is 3.40. The summed E-state index contributed by atoms with van der Waals surface area (Å²) in [6.07, 6.45) is 0.623. The van der Waals surface area contributed by atoms with Gasteiger partial charge >= 0.3 is 0 Å². The summed E-state index contributed by atoms with van der Waals surface area (Å²) >= 11 is 16.4. The number of hydrogen-bond donors (Lipinski definition) is 0. The van der Waals surface area contributed by atoms with Crippen molar-refractivity contribution in [3.8, 4) is 0 Å². The lowest BCUT2D eigenvalue weighted by molar-refractivity contribution is 0.597. The van der Waals surface area contributed by atoms with Crippen LogP contribution in [0.3, 0.4) is 0 Å². The molecular formula is C5H9Cl3. The quantitative estimate of drug-likeness (QED) is 0.536. The average Bonchev–Trinajstić information content (AvgIpc) is 1.21. The molecule has 0 nitrogen and oxygen atoms in total. The fourth-order valence-corrected chi connectivity index (χ4v) is 1.39.